The quantitative estimate of drug-likeness (QED) is 0.578. The van der Waals surface area contributed by atoms with E-state index >= 15 is 0 Å². The summed E-state index contributed by atoms with van der Waals surface area (Å²) in [6.07, 6.45) is -0.407. The van der Waals surface area contributed by atoms with Crippen molar-refractivity contribution < 1.29 is 27.5 Å². The van der Waals surface area contributed by atoms with Gasteiger partial charge >= 0.3 is 0 Å². The lowest BCUT2D eigenvalue weighted by Crippen LogP contribution is -2.55. The van der Waals surface area contributed by atoms with E-state index in [-0.39, 0.29) is 47.7 Å². The second-order valence-electron chi connectivity index (χ2n) is 7.98. The van der Waals surface area contributed by atoms with Gasteiger partial charge < -0.3 is 15.4 Å². The van der Waals surface area contributed by atoms with Crippen molar-refractivity contribution in [2.45, 2.75) is 47.9 Å². The Morgan fingerprint density at radius 3 is 2.77 bits per heavy atom. The summed E-state index contributed by atoms with van der Waals surface area (Å²) < 4.78 is 44.3. The molecule has 3 N–H and O–H groups in total. The lowest BCUT2D eigenvalue weighted by atomic mass is 9.76. The van der Waals surface area contributed by atoms with Gasteiger partial charge in [0.25, 0.3) is 12.3 Å². The molecule has 3 atom stereocenters. The number of hydrogen-bond donors (Lipinski definition) is 3. The number of benzene rings is 1. The first-order valence-electron chi connectivity index (χ1n) is 9.61. The van der Waals surface area contributed by atoms with Gasteiger partial charge in [-0.15, -0.1) is 11.8 Å². The molecular formula is C19H21ClF3N3O3S. The van der Waals surface area contributed by atoms with Crippen molar-refractivity contribution in [3.05, 3.63) is 29.0 Å². The van der Waals surface area contributed by atoms with Crippen molar-refractivity contribution in [2.75, 3.05) is 13.2 Å². The number of carbonyl (C=O) groups excluding carboxylic acids is 2. The van der Waals surface area contributed by atoms with Crippen LogP contribution in [0.5, 0.6) is 5.75 Å². The molecule has 0 radical (unpaired) electrons. The zero-order valence-electron chi connectivity index (χ0n) is 15.8. The predicted molar refractivity (Wildman–Crippen MR) is 106 cm³/mol. The Hall–Kier alpha value is -1.65. The Bertz CT molecular complexity index is 840. The summed E-state index contributed by atoms with van der Waals surface area (Å²) in [4.78, 5) is 24.6. The Kier molecular flexibility index (Phi) is 6.09. The first-order chi connectivity index (χ1) is 14.2. The summed E-state index contributed by atoms with van der Waals surface area (Å²) >= 11 is 6.56. The molecule has 2 unspecified atom stereocenters. The van der Waals surface area contributed by atoms with Crippen LogP contribution in [0.3, 0.4) is 0 Å². The maximum atomic E-state index is 13.4. The van der Waals surface area contributed by atoms with E-state index in [1.807, 2.05) is 0 Å². The average Bonchev–Trinajstić information content (AvgIpc) is 3.35. The second-order valence-corrected chi connectivity index (χ2v) is 9.73. The molecule has 4 fully saturated rings. The summed E-state index contributed by atoms with van der Waals surface area (Å²) in [6.45, 7) is -0.159. The number of fused-ring (bicyclic) bond motifs is 1. The molecule has 4 aliphatic rings. The number of amides is 2. The summed E-state index contributed by atoms with van der Waals surface area (Å²) in [5.41, 5.74) is -0.398. The van der Waals surface area contributed by atoms with Crippen molar-refractivity contribution in [2.24, 2.45) is 5.92 Å². The molecule has 1 aromatic carbocycles. The van der Waals surface area contributed by atoms with Gasteiger partial charge in [0.2, 0.25) is 5.91 Å². The van der Waals surface area contributed by atoms with Crippen LogP contribution in [0.4, 0.5) is 13.2 Å². The third-order valence-corrected chi connectivity index (χ3v) is 7.50. The fourth-order valence-electron chi connectivity index (χ4n) is 4.39. The monoisotopic (exact) mass is 463 g/mol. The largest absolute Gasteiger partial charge is 0.484 e. The average molecular weight is 464 g/mol. The molecule has 1 aliphatic heterocycles. The molecule has 30 heavy (non-hydrogen) atoms. The third-order valence-electron chi connectivity index (χ3n) is 5.82. The number of ether oxygens (including phenoxy) is 1. The third kappa shape index (κ3) is 4.50. The molecule has 1 aromatic rings. The van der Waals surface area contributed by atoms with Crippen LogP contribution in [0, 0.1) is 11.7 Å². The number of nitrogens with one attached hydrogen (secondary N) is 3. The van der Waals surface area contributed by atoms with Gasteiger partial charge in [0.15, 0.2) is 6.61 Å². The fourth-order valence-corrected chi connectivity index (χ4v) is 5.55. The van der Waals surface area contributed by atoms with Crippen molar-refractivity contribution in [3.63, 3.8) is 0 Å². The van der Waals surface area contributed by atoms with Gasteiger partial charge in [-0.1, -0.05) is 11.6 Å². The van der Waals surface area contributed by atoms with Crippen molar-refractivity contribution in [3.8, 4) is 5.75 Å². The first kappa shape index (κ1) is 21.6. The SMILES string of the molecule is O=C(COc1ccc(Cl)c(F)c1)N[C@H]1CC2(NC(=O)C3NCC(C(F)F)S3)CC1C2. The molecule has 1 heterocycles. The molecule has 3 saturated carbocycles. The zero-order valence-corrected chi connectivity index (χ0v) is 17.4. The van der Waals surface area contributed by atoms with Gasteiger partial charge in [0.05, 0.1) is 10.3 Å². The van der Waals surface area contributed by atoms with Crippen LogP contribution >= 0.6 is 23.4 Å². The highest BCUT2D eigenvalue weighted by atomic mass is 35.5. The number of carbonyl (C=O) groups is 2. The van der Waals surface area contributed by atoms with E-state index < -0.39 is 28.4 Å². The molecule has 5 rings (SSSR count). The molecule has 11 heteroatoms. The fraction of sp³-hybridized carbons (Fsp3) is 0.579. The lowest BCUT2D eigenvalue weighted by molar-refractivity contribution is -0.124. The molecule has 1 saturated heterocycles. The van der Waals surface area contributed by atoms with Crippen LogP contribution in [0.2, 0.25) is 5.02 Å². The molecule has 3 aliphatic carbocycles. The van der Waals surface area contributed by atoms with Crippen LogP contribution < -0.4 is 20.7 Å². The summed E-state index contributed by atoms with van der Waals surface area (Å²) in [5.74, 6) is -0.798. The number of thioether (sulfide) groups is 1. The highest BCUT2D eigenvalue weighted by Crippen LogP contribution is 2.52. The Labute approximate surface area is 180 Å². The van der Waals surface area contributed by atoms with Crippen LogP contribution in [-0.2, 0) is 9.59 Å². The van der Waals surface area contributed by atoms with E-state index in [0.29, 0.717) is 6.42 Å². The van der Waals surface area contributed by atoms with E-state index in [2.05, 4.69) is 16.0 Å². The lowest BCUT2D eigenvalue weighted by Gasteiger charge is -2.39. The van der Waals surface area contributed by atoms with Crippen LogP contribution in [-0.4, -0.2) is 53.6 Å². The van der Waals surface area contributed by atoms with Gasteiger partial charge in [-0.25, -0.2) is 13.2 Å². The standard InChI is InChI=1S/C19H21ClF3N3O3S/c20-11-2-1-10(3-12(11)21)29-8-15(27)25-13-6-19(4-9(13)5-19)26-17(28)18-24-7-14(30-18)16(22)23/h1-3,9,13-14,16,18,24H,4-8H2,(H,25,27)(H,26,28)/t9?,13-,14?,18?,19?/m0/s1. The molecule has 2 bridgehead atoms. The van der Waals surface area contributed by atoms with Gasteiger partial charge in [0.1, 0.15) is 16.9 Å². The number of halogens is 4. The van der Waals surface area contributed by atoms with Gasteiger partial charge in [-0.05, 0) is 37.3 Å². The van der Waals surface area contributed by atoms with E-state index in [9.17, 15) is 22.8 Å². The maximum Gasteiger partial charge on any atom is 0.258 e. The topological polar surface area (TPSA) is 79.5 Å². The van der Waals surface area contributed by atoms with Crippen molar-refractivity contribution >= 4 is 35.2 Å². The van der Waals surface area contributed by atoms with Gasteiger partial charge in [-0.3, -0.25) is 14.9 Å². The zero-order chi connectivity index (χ0) is 21.5. The van der Waals surface area contributed by atoms with Gasteiger partial charge in [-0.2, -0.15) is 0 Å². The van der Waals surface area contributed by atoms with Crippen LogP contribution in [0.15, 0.2) is 18.2 Å². The summed E-state index contributed by atoms with van der Waals surface area (Å²) in [6, 6.07) is 3.84. The van der Waals surface area contributed by atoms with E-state index in [1.54, 1.807) is 0 Å². The minimum Gasteiger partial charge on any atom is -0.484 e. The van der Waals surface area contributed by atoms with Crippen molar-refractivity contribution in [1.82, 2.24) is 16.0 Å². The minimum atomic E-state index is -2.47. The predicted octanol–water partition coefficient (Wildman–Crippen LogP) is 2.31. The summed E-state index contributed by atoms with van der Waals surface area (Å²) in [7, 11) is 0. The van der Waals surface area contributed by atoms with Gasteiger partial charge in [0, 0.05) is 24.2 Å². The number of hydrogen-bond acceptors (Lipinski definition) is 5. The van der Waals surface area contributed by atoms with Crippen molar-refractivity contribution in [1.29, 1.82) is 0 Å². The number of rotatable bonds is 7. The molecule has 0 aromatic heterocycles. The molecule has 2 amide bonds. The van der Waals surface area contributed by atoms with E-state index in [0.717, 1.165) is 30.7 Å². The van der Waals surface area contributed by atoms with E-state index in [1.165, 1.54) is 12.1 Å². The molecule has 0 spiro atoms. The Balaban J connectivity index is 1.23. The number of alkyl halides is 2. The molecular weight excluding hydrogens is 443 g/mol. The Morgan fingerprint density at radius 2 is 2.10 bits per heavy atom. The molecule has 6 nitrogen and oxygen atoms in total. The highest BCUT2D eigenvalue weighted by molar-refractivity contribution is 8.01. The molecule has 164 valence electrons. The first-order valence-corrected chi connectivity index (χ1v) is 10.9. The Morgan fingerprint density at radius 1 is 1.33 bits per heavy atom. The smallest absolute Gasteiger partial charge is 0.258 e. The summed E-state index contributed by atoms with van der Waals surface area (Å²) in [5, 5.41) is 7.14. The van der Waals surface area contributed by atoms with Crippen LogP contribution in [0.25, 0.3) is 0 Å². The van der Waals surface area contributed by atoms with E-state index in [4.69, 9.17) is 16.3 Å². The van der Waals surface area contributed by atoms with Crippen LogP contribution in [0.1, 0.15) is 19.3 Å². The highest BCUT2D eigenvalue weighted by Gasteiger charge is 2.57. The minimum absolute atomic E-state index is 0.0270. The normalized spacial score (nSPS) is 32.0. The second kappa shape index (κ2) is 8.47. The maximum absolute atomic E-state index is 13.4.